The van der Waals surface area contributed by atoms with Crippen molar-refractivity contribution in [2.75, 3.05) is 31.0 Å². The van der Waals surface area contributed by atoms with Gasteiger partial charge in [-0.2, -0.15) is 0 Å². The number of hydrogen-bond donors (Lipinski definition) is 1. The highest BCUT2D eigenvalue weighted by atomic mass is 35.5. The lowest BCUT2D eigenvalue weighted by molar-refractivity contribution is -0.122. The van der Waals surface area contributed by atoms with Gasteiger partial charge in [0.25, 0.3) is 0 Å². The molecular weight excluding hydrogens is 356 g/mol. The SMILES string of the molecule is COc1ccc(N2CC(C(=O)Nc3cccc(Cl)c3)CC2=O)c(OC)c1. The van der Waals surface area contributed by atoms with E-state index in [4.69, 9.17) is 21.1 Å². The maximum atomic E-state index is 12.5. The third kappa shape index (κ3) is 3.75. The van der Waals surface area contributed by atoms with Gasteiger partial charge in [0.05, 0.1) is 25.8 Å². The van der Waals surface area contributed by atoms with Gasteiger partial charge in [0.2, 0.25) is 11.8 Å². The second-order valence-corrected chi connectivity index (χ2v) is 6.38. The molecule has 1 saturated heterocycles. The Balaban J connectivity index is 1.75. The minimum atomic E-state index is -0.451. The van der Waals surface area contributed by atoms with Crippen LogP contribution in [0.15, 0.2) is 42.5 Å². The number of benzene rings is 2. The van der Waals surface area contributed by atoms with E-state index in [0.717, 1.165) is 0 Å². The molecule has 1 heterocycles. The molecule has 0 bridgehead atoms. The van der Waals surface area contributed by atoms with Crippen molar-refractivity contribution in [2.45, 2.75) is 6.42 Å². The van der Waals surface area contributed by atoms with E-state index >= 15 is 0 Å². The molecular formula is C19H19ClN2O4. The van der Waals surface area contributed by atoms with E-state index in [2.05, 4.69) is 5.32 Å². The van der Waals surface area contributed by atoms with Crippen LogP contribution in [0.25, 0.3) is 0 Å². The summed E-state index contributed by atoms with van der Waals surface area (Å²) in [4.78, 5) is 26.5. The van der Waals surface area contributed by atoms with Crippen molar-refractivity contribution in [2.24, 2.45) is 5.92 Å². The van der Waals surface area contributed by atoms with Crippen LogP contribution in [0.1, 0.15) is 6.42 Å². The Morgan fingerprint density at radius 3 is 2.69 bits per heavy atom. The van der Waals surface area contributed by atoms with Gasteiger partial charge in [-0.1, -0.05) is 17.7 Å². The Morgan fingerprint density at radius 2 is 2.00 bits per heavy atom. The number of halogens is 1. The number of amides is 2. The van der Waals surface area contributed by atoms with Crippen LogP contribution in [0.4, 0.5) is 11.4 Å². The fourth-order valence-electron chi connectivity index (χ4n) is 2.93. The van der Waals surface area contributed by atoms with Crippen LogP contribution in [0.2, 0.25) is 5.02 Å². The summed E-state index contributed by atoms with van der Waals surface area (Å²) in [6, 6.07) is 12.1. The van der Waals surface area contributed by atoms with Gasteiger partial charge in [0, 0.05) is 29.7 Å². The van der Waals surface area contributed by atoms with Crippen molar-refractivity contribution in [3.63, 3.8) is 0 Å². The van der Waals surface area contributed by atoms with Gasteiger partial charge < -0.3 is 19.7 Å². The number of nitrogens with zero attached hydrogens (tertiary/aromatic N) is 1. The second kappa shape index (κ2) is 7.66. The molecule has 2 aromatic carbocycles. The van der Waals surface area contributed by atoms with Crippen LogP contribution < -0.4 is 19.7 Å². The second-order valence-electron chi connectivity index (χ2n) is 5.94. The molecule has 0 aromatic heterocycles. The van der Waals surface area contributed by atoms with Crippen LogP contribution in [-0.2, 0) is 9.59 Å². The van der Waals surface area contributed by atoms with Crippen LogP contribution in [0.3, 0.4) is 0 Å². The van der Waals surface area contributed by atoms with Crippen molar-refractivity contribution in [3.8, 4) is 11.5 Å². The molecule has 0 aliphatic carbocycles. The number of nitrogens with one attached hydrogen (secondary N) is 1. The third-order valence-corrected chi connectivity index (χ3v) is 4.50. The maximum absolute atomic E-state index is 12.5. The molecule has 1 atom stereocenters. The standard InChI is InChI=1S/C19H19ClN2O4/c1-25-15-6-7-16(17(10-15)26-2)22-11-12(8-18(22)23)19(24)21-14-5-3-4-13(20)9-14/h3-7,9-10,12H,8,11H2,1-2H3,(H,21,24). The summed E-state index contributed by atoms with van der Waals surface area (Å²) in [6.07, 6.45) is 0.140. The Bertz CT molecular complexity index is 840. The fourth-order valence-corrected chi connectivity index (χ4v) is 3.12. The van der Waals surface area contributed by atoms with E-state index in [0.29, 0.717) is 27.9 Å². The van der Waals surface area contributed by atoms with Gasteiger partial charge in [-0.15, -0.1) is 0 Å². The first-order valence-electron chi connectivity index (χ1n) is 8.10. The topological polar surface area (TPSA) is 67.9 Å². The van der Waals surface area contributed by atoms with Crippen molar-refractivity contribution in [3.05, 3.63) is 47.5 Å². The summed E-state index contributed by atoms with van der Waals surface area (Å²) in [6.45, 7) is 0.286. The Kier molecular flexibility index (Phi) is 5.32. The van der Waals surface area contributed by atoms with Crippen molar-refractivity contribution in [1.82, 2.24) is 0 Å². The van der Waals surface area contributed by atoms with Crippen LogP contribution in [0, 0.1) is 5.92 Å². The number of carbonyl (C=O) groups is 2. The minimum absolute atomic E-state index is 0.125. The number of carbonyl (C=O) groups excluding carboxylic acids is 2. The van der Waals surface area contributed by atoms with Gasteiger partial charge in [-0.25, -0.2) is 0 Å². The molecule has 1 fully saturated rings. The van der Waals surface area contributed by atoms with Gasteiger partial charge in [0.1, 0.15) is 11.5 Å². The van der Waals surface area contributed by atoms with E-state index in [1.54, 1.807) is 54.5 Å². The molecule has 0 radical (unpaired) electrons. The molecule has 7 heteroatoms. The first-order valence-corrected chi connectivity index (χ1v) is 8.48. The van der Waals surface area contributed by atoms with Gasteiger partial charge in [-0.05, 0) is 30.3 Å². The molecule has 6 nitrogen and oxygen atoms in total. The predicted molar refractivity (Wildman–Crippen MR) is 100 cm³/mol. The number of rotatable bonds is 5. The maximum Gasteiger partial charge on any atom is 0.229 e. The third-order valence-electron chi connectivity index (χ3n) is 4.27. The molecule has 3 rings (SSSR count). The highest BCUT2D eigenvalue weighted by molar-refractivity contribution is 6.30. The summed E-state index contributed by atoms with van der Waals surface area (Å²) in [5.74, 6) is 0.365. The number of anilines is 2. The summed E-state index contributed by atoms with van der Waals surface area (Å²) in [5.41, 5.74) is 1.23. The number of hydrogen-bond acceptors (Lipinski definition) is 4. The van der Waals surface area contributed by atoms with Crippen molar-refractivity contribution < 1.29 is 19.1 Å². The van der Waals surface area contributed by atoms with Crippen LogP contribution in [0.5, 0.6) is 11.5 Å². The normalized spacial score (nSPS) is 16.5. The molecule has 0 saturated carbocycles. The lowest BCUT2D eigenvalue weighted by atomic mass is 10.1. The van der Waals surface area contributed by atoms with E-state index in [1.807, 2.05) is 0 Å². The zero-order valence-corrected chi connectivity index (χ0v) is 15.2. The van der Waals surface area contributed by atoms with E-state index in [1.165, 1.54) is 7.11 Å². The zero-order valence-electron chi connectivity index (χ0n) is 14.5. The number of ether oxygens (including phenoxy) is 2. The molecule has 1 N–H and O–H groups in total. The molecule has 0 spiro atoms. The quantitative estimate of drug-likeness (QED) is 0.871. The molecule has 1 unspecified atom stereocenters. The van der Waals surface area contributed by atoms with E-state index < -0.39 is 5.92 Å². The Hall–Kier alpha value is -2.73. The van der Waals surface area contributed by atoms with Crippen LogP contribution >= 0.6 is 11.6 Å². The highest BCUT2D eigenvalue weighted by Crippen LogP contribution is 2.36. The summed E-state index contributed by atoms with van der Waals surface area (Å²) < 4.78 is 10.5. The lowest BCUT2D eigenvalue weighted by Crippen LogP contribution is -2.28. The van der Waals surface area contributed by atoms with Gasteiger partial charge in [-0.3, -0.25) is 9.59 Å². The van der Waals surface area contributed by atoms with E-state index in [-0.39, 0.29) is 24.8 Å². The Labute approximate surface area is 156 Å². The molecule has 1 aliphatic heterocycles. The zero-order chi connectivity index (χ0) is 18.7. The Morgan fingerprint density at radius 1 is 1.19 bits per heavy atom. The molecule has 26 heavy (non-hydrogen) atoms. The predicted octanol–water partition coefficient (Wildman–Crippen LogP) is 3.35. The van der Waals surface area contributed by atoms with Crippen molar-refractivity contribution >= 4 is 34.8 Å². The average molecular weight is 375 g/mol. The monoisotopic (exact) mass is 374 g/mol. The van der Waals surface area contributed by atoms with Crippen molar-refractivity contribution in [1.29, 1.82) is 0 Å². The minimum Gasteiger partial charge on any atom is -0.497 e. The average Bonchev–Trinajstić information content (AvgIpc) is 3.03. The molecule has 2 aromatic rings. The number of methoxy groups -OCH3 is 2. The largest absolute Gasteiger partial charge is 0.497 e. The summed E-state index contributed by atoms with van der Waals surface area (Å²) >= 11 is 5.93. The molecule has 136 valence electrons. The van der Waals surface area contributed by atoms with Gasteiger partial charge in [0.15, 0.2) is 0 Å². The molecule has 1 aliphatic rings. The smallest absolute Gasteiger partial charge is 0.229 e. The highest BCUT2D eigenvalue weighted by Gasteiger charge is 2.36. The summed E-state index contributed by atoms with van der Waals surface area (Å²) in [7, 11) is 3.09. The first-order chi connectivity index (χ1) is 12.5. The fraction of sp³-hybridized carbons (Fsp3) is 0.263. The van der Waals surface area contributed by atoms with Gasteiger partial charge >= 0.3 is 0 Å². The first kappa shape index (κ1) is 18.1. The van der Waals surface area contributed by atoms with Crippen LogP contribution in [-0.4, -0.2) is 32.6 Å². The summed E-state index contributed by atoms with van der Waals surface area (Å²) in [5, 5.41) is 3.35. The lowest BCUT2D eigenvalue weighted by Gasteiger charge is -2.20. The van der Waals surface area contributed by atoms with E-state index in [9.17, 15) is 9.59 Å². The molecule has 2 amide bonds.